The average molecular weight is 436 g/mol. The highest BCUT2D eigenvalue weighted by Crippen LogP contribution is 2.31. The van der Waals surface area contributed by atoms with E-state index in [2.05, 4.69) is 20.4 Å². The molecule has 0 saturated carbocycles. The molecule has 0 bridgehead atoms. The van der Waals surface area contributed by atoms with E-state index in [4.69, 9.17) is 15.2 Å². The van der Waals surface area contributed by atoms with Crippen LogP contribution in [0.25, 0.3) is 17.1 Å². The number of benzene rings is 1. The summed E-state index contributed by atoms with van der Waals surface area (Å²) in [5.41, 5.74) is 5.67. The summed E-state index contributed by atoms with van der Waals surface area (Å²) in [6.07, 6.45) is -2.82. The van der Waals surface area contributed by atoms with E-state index in [0.29, 0.717) is 42.5 Å². The minimum atomic E-state index is -4.71. The third kappa shape index (κ3) is 5.62. The van der Waals surface area contributed by atoms with Gasteiger partial charge in [0, 0.05) is 18.2 Å². The van der Waals surface area contributed by atoms with Crippen LogP contribution in [0.1, 0.15) is 12.2 Å². The van der Waals surface area contributed by atoms with Crippen LogP contribution >= 0.6 is 0 Å². The first-order chi connectivity index (χ1) is 14.8. The highest BCUT2D eigenvalue weighted by atomic mass is 19.4. The van der Waals surface area contributed by atoms with E-state index >= 15 is 0 Å². The summed E-state index contributed by atoms with van der Waals surface area (Å²) in [4.78, 5) is 18.3. The smallest absolute Gasteiger partial charge is 0.453 e. The zero-order valence-electron chi connectivity index (χ0n) is 16.4. The summed E-state index contributed by atoms with van der Waals surface area (Å²) in [6, 6.07) is 8.80. The summed E-state index contributed by atoms with van der Waals surface area (Å²) in [7, 11) is 1.43. The van der Waals surface area contributed by atoms with Gasteiger partial charge in [-0.2, -0.15) is 13.2 Å². The van der Waals surface area contributed by atoms with E-state index in [0.717, 1.165) is 4.68 Å². The molecule has 1 aromatic carbocycles. The van der Waals surface area contributed by atoms with Gasteiger partial charge >= 0.3 is 12.2 Å². The predicted molar refractivity (Wildman–Crippen MR) is 104 cm³/mol. The van der Waals surface area contributed by atoms with Gasteiger partial charge in [0.05, 0.1) is 25.6 Å². The summed E-state index contributed by atoms with van der Waals surface area (Å²) < 4.78 is 51.2. The maximum absolute atomic E-state index is 13.2. The van der Waals surface area contributed by atoms with E-state index in [-0.39, 0.29) is 5.82 Å². The van der Waals surface area contributed by atoms with Crippen LogP contribution in [0, 0.1) is 0 Å². The molecule has 0 saturated heterocycles. The normalized spacial score (nSPS) is 11.2. The lowest BCUT2D eigenvalue weighted by atomic mass is 10.2. The zero-order valence-corrected chi connectivity index (χ0v) is 16.4. The molecule has 2 heterocycles. The quantitative estimate of drug-likeness (QED) is 0.525. The van der Waals surface area contributed by atoms with Gasteiger partial charge in [-0.3, -0.25) is 0 Å². The molecule has 0 radical (unpaired) electrons. The third-order valence-corrected chi connectivity index (χ3v) is 4.04. The SMILES string of the molecule is COc1ccc(-n2nc(C(F)(F)F)nc2-c2ccc(OCCCNC(N)=O)cc2)cn1. The molecule has 12 heteroatoms. The van der Waals surface area contributed by atoms with Gasteiger partial charge in [0.25, 0.3) is 5.82 Å². The number of hydrogen-bond donors (Lipinski definition) is 2. The van der Waals surface area contributed by atoms with Gasteiger partial charge in [-0.1, -0.05) is 0 Å². The first-order valence-electron chi connectivity index (χ1n) is 9.09. The van der Waals surface area contributed by atoms with E-state index in [9.17, 15) is 18.0 Å². The second-order valence-electron chi connectivity index (χ2n) is 6.24. The Morgan fingerprint density at radius 1 is 1.19 bits per heavy atom. The number of hydrogen-bond acceptors (Lipinski definition) is 6. The van der Waals surface area contributed by atoms with Gasteiger partial charge in [-0.25, -0.2) is 19.4 Å². The van der Waals surface area contributed by atoms with Gasteiger partial charge in [0.1, 0.15) is 5.75 Å². The maximum Gasteiger partial charge on any atom is 0.453 e. The van der Waals surface area contributed by atoms with Crippen molar-refractivity contribution in [3.05, 3.63) is 48.4 Å². The summed E-state index contributed by atoms with van der Waals surface area (Å²) in [5.74, 6) is -0.442. The lowest BCUT2D eigenvalue weighted by molar-refractivity contribution is -0.144. The molecule has 31 heavy (non-hydrogen) atoms. The lowest BCUT2D eigenvalue weighted by Crippen LogP contribution is -2.30. The van der Waals surface area contributed by atoms with Crippen LogP contribution in [-0.4, -0.2) is 46.0 Å². The number of nitrogens with two attached hydrogens (primary N) is 1. The number of alkyl halides is 3. The molecule has 0 spiro atoms. The summed E-state index contributed by atoms with van der Waals surface area (Å²) in [6.45, 7) is 0.693. The topological polar surface area (TPSA) is 117 Å². The van der Waals surface area contributed by atoms with Crippen LogP contribution in [0.2, 0.25) is 0 Å². The largest absolute Gasteiger partial charge is 0.494 e. The second-order valence-corrected chi connectivity index (χ2v) is 6.24. The molecule has 9 nitrogen and oxygen atoms in total. The van der Waals surface area contributed by atoms with Crippen molar-refractivity contribution in [2.45, 2.75) is 12.6 Å². The fourth-order valence-electron chi connectivity index (χ4n) is 2.59. The van der Waals surface area contributed by atoms with Crippen molar-refractivity contribution < 1.29 is 27.4 Å². The number of carbonyl (C=O) groups excluding carboxylic acids is 1. The Kier molecular flexibility index (Phi) is 6.58. The Balaban J connectivity index is 1.82. The Bertz CT molecular complexity index is 1020. The standard InChI is InChI=1S/C19H19F3N6O3/c1-30-15-8-5-13(11-25-15)28-16(26-17(27-28)19(20,21)22)12-3-6-14(7-4-12)31-10-2-9-24-18(23)29/h3-8,11H,2,9-10H2,1H3,(H3,23,24,29). The number of rotatable bonds is 8. The number of aromatic nitrogens is 4. The van der Waals surface area contributed by atoms with Crippen LogP contribution in [-0.2, 0) is 6.18 Å². The van der Waals surface area contributed by atoms with Crippen molar-refractivity contribution in [3.63, 3.8) is 0 Å². The molecule has 3 aromatic rings. The molecule has 0 unspecified atom stereocenters. The average Bonchev–Trinajstić information content (AvgIpc) is 3.20. The minimum absolute atomic E-state index is 0.00324. The molecular weight excluding hydrogens is 417 g/mol. The highest BCUT2D eigenvalue weighted by molar-refractivity contribution is 5.71. The van der Waals surface area contributed by atoms with Gasteiger partial charge in [-0.15, -0.1) is 5.10 Å². The Morgan fingerprint density at radius 3 is 2.52 bits per heavy atom. The number of pyridine rings is 1. The van der Waals surface area contributed by atoms with Gasteiger partial charge in [0.15, 0.2) is 5.82 Å². The molecular formula is C19H19F3N6O3. The first kappa shape index (κ1) is 21.9. The Morgan fingerprint density at radius 2 is 1.94 bits per heavy atom. The van der Waals surface area contributed by atoms with Crippen molar-refractivity contribution in [2.24, 2.45) is 5.73 Å². The number of carbonyl (C=O) groups is 1. The predicted octanol–water partition coefficient (Wildman–Crippen LogP) is 2.79. The molecule has 2 amide bonds. The number of nitrogens with zero attached hydrogens (tertiary/aromatic N) is 4. The van der Waals surface area contributed by atoms with Crippen LogP contribution in [0.4, 0.5) is 18.0 Å². The van der Waals surface area contributed by atoms with Crippen LogP contribution < -0.4 is 20.5 Å². The van der Waals surface area contributed by atoms with Crippen LogP contribution in [0.5, 0.6) is 11.6 Å². The molecule has 0 fully saturated rings. The van der Waals surface area contributed by atoms with E-state index in [1.807, 2.05) is 0 Å². The summed E-state index contributed by atoms with van der Waals surface area (Å²) in [5, 5.41) is 6.06. The number of nitrogens with one attached hydrogen (secondary N) is 1. The first-order valence-corrected chi connectivity index (χ1v) is 9.09. The number of urea groups is 1. The second kappa shape index (κ2) is 9.32. The number of primary amides is 1. The number of ether oxygens (including phenoxy) is 2. The molecule has 0 aliphatic rings. The maximum atomic E-state index is 13.2. The molecule has 2 aromatic heterocycles. The van der Waals surface area contributed by atoms with Gasteiger partial charge in [0.2, 0.25) is 5.88 Å². The molecule has 0 aliphatic carbocycles. The van der Waals surface area contributed by atoms with Gasteiger partial charge < -0.3 is 20.5 Å². The summed E-state index contributed by atoms with van der Waals surface area (Å²) >= 11 is 0. The van der Waals surface area contributed by atoms with Crippen molar-refractivity contribution in [1.82, 2.24) is 25.1 Å². The fourth-order valence-corrected chi connectivity index (χ4v) is 2.59. The third-order valence-electron chi connectivity index (χ3n) is 4.04. The van der Waals surface area contributed by atoms with Crippen molar-refractivity contribution in [3.8, 4) is 28.7 Å². The van der Waals surface area contributed by atoms with E-state index in [1.54, 1.807) is 24.3 Å². The lowest BCUT2D eigenvalue weighted by Gasteiger charge is -2.09. The van der Waals surface area contributed by atoms with E-state index < -0.39 is 18.0 Å². The van der Waals surface area contributed by atoms with Crippen molar-refractivity contribution >= 4 is 6.03 Å². The molecule has 3 N–H and O–H groups in total. The molecule has 0 aliphatic heterocycles. The fraction of sp³-hybridized carbons (Fsp3) is 0.263. The number of amides is 2. The van der Waals surface area contributed by atoms with Crippen molar-refractivity contribution in [2.75, 3.05) is 20.3 Å². The minimum Gasteiger partial charge on any atom is -0.494 e. The molecule has 164 valence electrons. The van der Waals surface area contributed by atoms with Crippen molar-refractivity contribution in [1.29, 1.82) is 0 Å². The van der Waals surface area contributed by atoms with Gasteiger partial charge in [-0.05, 0) is 36.8 Å². The Labute approximate surface area is 175 Å². The van der Waals surface area contributed by atoms with Crippen LogP contribution in [0.3, 0.4) is 0 Å². The number of halogens is 3. The van der Waals surface area contributed by atoms with Crippen LogP contribution in [0.15, 0.2) is 42.6 Å². The zero-order chi connectivity index (χ0) is 22.4. The monoisotopic (exact) mass is 436 g/mol. The Hall–Kier alpha value is -3.83. The number of methoxy groups -OCH3 is 1. The molecule has 0 atom stereocenters. The van der Waals surface area contributed by atoms with E-state index in [1.165, 1.54) is 25.4 Å². The highest BCUT2D eigenvalue weighted by Gasteiger charge is 2.37. The molecule has 3 rings (SSSR count).